The molecule has 0 aromatic carbocycles. The third-order valence-corrected chi connectivity index (χ3v) is 5.01. The van der Waals surface area contributed by atoms with E-state index in [1.54, 1.807) is 6.08 Å². The lowest BCUT2D eigenvalue weighted by molar-refractivity contribution is -0.160. The number of hydrogen-bond donors (Lipinski definition) is 1. The predicted molar refractivity (Wildman–Crippen MR) is 88.3 cm³/mol. The molecule has 0 radical (unpaired) electrons. The van der Waals surface area contributed by atoms with E-state index in [2.05, 4.69) is 19.6 Å². The van der Waals surface area contributed by atoms with Gasteiger partial charge in [-0.2, -0.15) is 0 Å². The van der Waals surface area contributed by atoms with Gasteiger partial charge in [0.1, 0.15) is 0 Å². The van der Waals surface area contributed by atoms with Crippen LogP contribution in [0.5, 0.6) is 0 Å². The highest BCUT2D eigenvalue weighted by molar-refractivity contribution is 5.73. The molecule has 1 aliphatic carbocycles. The van der Waals surface area contributed by atoms with Crippen molar-refractivity contribution < 1.29 is 14.6 Å². The zero-order valence-electron chi connectivity index (χ0n) is 13.6. The van der Waals surface area contributed by atoms with Crippen molar-refractivity contribution in [2.45, 2.75) is 45.4 Å². The van der Waals surface area contributed by atoms with Crippen LogP contribution in [0.25, 0.3) is 0 Å². The molecule has 0 spiro atoms. The first kappa shape index (κ1) is 17.0. The summed E-state index contributed by atoms with van der Waals surface area (Å²) in [5.41, 5.74) is 2.66. The fourth-order valence-corrected chi connectivity index (χ4v) is 3.67. The van der Waals surface area contributed by atoms with Crippen LogP contribution in [0.1, 0.15) is 45.4 Å². The monoisotopic (exact) mass is 304 g/mol. The van der Waals surface area contributed by atoms with Crippen molar-refractivity contribution in [3.05, 3.63) is 36.0 Å². The van der Waals surface area contributed by atoms with E-state index >= 15 is 0 Å². The van der Waals surface area contributed by atoms with E-state index in [0.717, 1.165) is 38.5 Å². The molecule has 3 heteroatoms. The number of rotatable bonds is 4. The molecule has 1 heterocycles. The Labute approximate surface area is 133 Å². The Hall–Kier alpha value is -1.35. The first-order chi connectivity index (χ1) is 10.6. The molecular weight excluding hydrogens is 276 g/mol. The van der Waals surface area contributed by atoms with Gasteiger partial charge in [0.25, 0.3) is 0 Å². The second-order valence-electron chi connectivity index (χ2n) is 6.52. The average molecular weight is 304 g/mol. The molecule has 0 unspecified atom stereocenters. The molecule has 3 atom stereocenters. The zero-order valence-corrected chi connectivity index (χ0v) is 13.6. The van der Waals surface area contributed by atoms with Gasteiger partial charge >= 0.3 is 5.97 Å². The summed E-state index contributed by atoms with van der Waals surface area (Å²) in [6.07, 6.45) is 11.7. The standard InChI is InChI=1S/C19H28O3/c1-14-7-6-8-15(2)18-13-22-19(21)17(16(18)11-10-14)9-4-3-5-12-20/h3,5,7,16-18,20H,2,4,6,8-13H2,1H3/b5-3+,14-7-/t16-,17+,18+/m1/s1. The lowest BCUT2D eigenvalue weighted by Crippen LogP contribution is -2.40. The summed E-state index contributed by atoms with van der Waals surface area (Å²) < 4.78 is 5.46. The lowest BCUT2D eigenvalue weighted by Gasteiger charge is -2.38. The molecule has 22 heavy (non-hydrogen) atoms. The molecular formula is C19H28O3. The minimum absolute atomic E-state index is 0.0373. The quantitative estimate of drug-likeness (QED) is 0.635. The minimum Gasteiger partial charge on any atom is -0.465 e. The molecule has 2 aliphatic rings. The van der Waals surface area contributed by atoms with E-state index in [1.807, 2.05) is 6.08 Å². The fourth-order valence-electron chi connectivity index (χ4n) is 3.67. The molecule has 0 aromatic heterocycles. The van der Waals surface area contributed by atoms with Crippen molar-refractivity contribution in [1.82, 2.24) is 0 Å². The molecule has 0 amide bonds. The Morgan fingerprint density at radius 1 is 1.41 bits per heavy atom. The number of carbonyl (C=O) groups is 1. The summed E-state index contributed by atoms with van der Waals surface area (Å²) >= 11 is 0. The van der Waals surface area contributed by atoms with Crippen LogP contribution in [0.3, 0.4) is 0 Å². The Kier molecular flexibility index (Phi) is 6.44. The number of fused-ring (bicyclic) bond motifs is 1. The van der Waals surface area contributed by atoms with Crippen molar-refractivity contribution in [1.29, 1.82) is 0 Å². The average Bonchev–Trinajstić information content (AvgIpc) is 2.56. The van der Waals surface area contributed by atoms with Crippen molar-refractivity contribution in [3.63, 3.8) is 0 Å². The Morgan fingerprint density at radius 2 is 2.23 bits per heavy atom. The Balaban J connectivity index is 2.12. The number of carbonyl (C=O) groups excluding carboxylic acids is 1. The summed E-state index contributed by atoms with van der Waals surface area (Å²) in [6.45, 7) is 7.01. The second-order valence-corrected chi connectivity index (χ2v) is 6.52. The molecule has 1 aliphatic heterocycles. The van der Waals surface area contributed by atoms with Crippen LogP contribution >= 0.6 is 0 Å². The minimum atomic E-state index is -0.0488. The molecule has 0 saturated carbocycles. The van der Waals surface area contributed by atoms with E-state index in [4.69, 9.17) is 9.84 Å². The third-order valence-electron chi connectivity index (χ3n) is 5.01. The zero-order chi connectivity index (χ0) is 15.9. The van der Waals surface area contributed by atoms with E-state index in [9.17, 15) is 4.79 Å². The van der Waals surface area contributed by atoms with Crippen molar-refractivity contribution in [2.24, 2.45) is 17.8 Å². The maximum Gasteiger partial charge on any atom is 0.309 e. The van der Waals surface area contributed by atoms with Gasteiger partial charge in [-0.15, -0.1) is 0 Å². The van der Waals surface area contributed by atoms with Crippen LogP contribution in [-0.2, 0) is 9.53 Å². The summed E-state index contributed by atoms with van der Waals surface area (Å²) in [7, 11) is 0. The van der Waals surface area contributed by atoms with Crippen LogP contribution in [0.4, 0.5) is 0 Å². The number of cyclic esters (lactones) is 1. The summed E-state index contributed by atoms with van der Waals surface area (Å²) in [4.78, 5) is 12.2. The Morgan fingerprint density at radius 3 is 3.00 bits per heavy atom. The number of aliphatic hydroxyl groups is 1. The fraction of sp³-hybridized carbons (Fsp3) is 0.632. The summed E-state index contributed by atoms with van der Waals surface area (Å²) in [5.74, 6) is 0.568. The van der Waals surface area contributed by atoms with Gasteiger partial charge in [0.05, 0.1) is 19.1 Å². The molecule has 1 N–H and O–H groups in total. The molecule has 122 valence electrons. The summed E-state index contributed by atoms with van der Waals surface area (Å²) in [5, 5.41) is 8.81. The van der Waals surface area contributed by atoms with E-state index in [1.165, 1.54) is 11.1 Å². The van der Waals surface area contributed by atoms with Crippen LogP contribution in [0.15, 0.2) is 36.0 Å². The first-order valence-electron chi connectivity index (χ1n) is 8.39. The molecule has 2 rings (SSSR count). The molecule has 1 fully saturated rings. The highest BCUT2D eigenvalue weighted by atomic mass is 16.5. The third kappa shape index (κ3) is 4.33. The number of allylic oxidation sites excluding steroid dienone is 3. The molecule has 3 nitrogen and oxygen atoms in total. The highest BCUT2D eigenvalue weighted by Crippen LogP contribution is 2.40. The topological polar surface area (TPSA) is 46.5 Å². The van der Waals surface area contributed by atoms with Crippen molar-refractivity contribution >= 4 is 5.97 Å². The summed E-state index contributed by atoms with van der Waals surface area (Å²) in [6, 6.07) is 0. The maximum atomic E-state index is 12.2. The maximum absolute atomic E-state index is 12.2. The van der Waals surface area contributed by atoms with Crippen LogP contribution in [0, 0.1) is 17.8 Å². The van der Waals surface area contributed by atoms with Gasteiger partial charge < -0.3 is 9.84 Å². The van der Waals surface area contributed by atoms with E-state index < -0.39 is 0 Å². The van der Waals surface area contributed by atoms with Gasteiger partial charge in [0.2, 0.25) is 0 Å². The Bertz CT molecular complexity index is 461. The number of hydrogen-bond acceptors (Lipinski definition) is 3. The van der Waals surface area contributed by atoms with E-state index in [-0.39, 0.29) is 18.5 Å². The predicted octanol–water partition coefficient (Wildman–Crippen LogP) is 3.80. The number of esters is 1. The smallest absolute Gasteiger partial charge is 0.309 e. The van der Waals surface area contributed by atoms with Gasteiger partial charge in [0.15, 0.2) is 0 Å². The van der Waals surface area contributed by atoms with Gasteiger partial charge in [-0.05, 0) is 51.4 Å². The second kappa shape index (κ2) is 8.33. The largest absolute Gasteiger partial charge is 0.465 e. The first-order valence-corrected chi connectivity index (χ1v) is 8.39. The van der Waals surface area contributed by atoms with Crippen LogP contribution in [-0.4, -0.2) is 24.3 Å². The lowest BCUT2D eigenvalue weighted by atomic mass is 9.72. The van der Waals surface area contributed by atoms with Crippen molar-refractivity contribution in [3.8, 4) is 0 Å². The molecule has 1 saturated heterocycles. The van der Waals surface area contributed by atoms with Crippen molar-refractivity contribution in [2.75, 3.05) is 13.2 Å². The van der Waals surface area contributed by atoms with Gasteiger partial charge in [-0.3, -0.25) is 4.79 Å². The van der Waals surface area contributed by atoms with Gasteiger partial charge in [0, 0.05) is 5.92 Å². The number of aliphatic hydroxyl groups excluding tert-OH is 1. The number of ether oxygens (including phenoxy) is 1. The SMILES string of the molecule is C=C1CC/C=C(/C)CC[C@@H]2[C@H](CC/C=C/CO)C(=O)OC[C@@H]12. The van der Waals surface area contributed by atoms with E-state index in [0.29, 0.717) is 18.4 Å². The van der Waals surface area contributed by atoms with Gasteiger partial charge in [-0.1, -0.05) is 36.0 Å². The normalized spacial score (nSPS) is 32.5. The molecule has 0 aromatic rings. The van der Waals surface area contributed by atoms with Crippen LogP contribution < -0.4 is 0 Å². The molecule has 0 bridgehead atoms. The van der Waals surface area contributed by atoms with Crippen LogP contribution in [0.2, 0.25) is 0 Å². The highest BCUT2D eigenvalue weighted by Gasteiger charge is 2.40. The van der Waals surface area contributed by atoms with Gasteiger partial charge in [-0.25, -0.2) is 0 Å².